The summed E-state index contributed by atoms with van der Waals surface area (Å²) < 4.78 is 5.48. The predicted octanol–water partition coefficient (Wildman–Crippen LogP) is 2.73. The summed E-state index contributed by atoms with van der Waals surface area (Å²) in [5.41, 5.74) is 0.768. The largest absolute Gasteiger partial charge is 0.479 e. The van der Waals surface area contributed by atoms with Gasteiger partial charge in [-0.25, -0.2) is 9.59 Å². The standard InChI is InChI=1S/C12H8BrNO5S/c13-8-9(19-5-7(15)16)11(12(17)18)20-10(8)6-1-3-14-4-2-6/h1-4H,5H2,(H,15,16)(H,17,18). The number of aliphatic carboxylic acids is 1. The Labute approximate surface area is 125 Å². The van der Waals surface area contributed by atoms with E-state index in [1.165, 1.54) is 0 Å². The summed E-state index contributed by atoms with van der Waals surface area (Å²) in [5.74, 6) is -2.32. The van der Waals surface area contributed by atoms with Crippen LogP contribution in [0.1, 0.15) is 9.67 Å². The molecule has 0 saturated carbocycles. The van der Waals surface area contributed by atoms with Crippen LogP contribution in [0.15, 0.2) is 29.0 Å². The summed E-state index contributed by atoms with van der Waals surface area (Å²) >= 11 is 4.27. The highest BCUT2D eigenvalue weighted by atomic mass is 79.9. The van der Waals surface area contributed by atoms with E-state index in [0.717, 1.165) is 16.9 Å². The van der Waals surface area contributed by atoms with Crippen LogP contribution in [0.4, 0.5) is 0 Å². The Bertz CT molecular complexity index is 655. The SMILES string of the molecule is O=C(O)COc1c(C(=O)O)sc(-c2ccncc2)c1Br. The number of carbonyl (C=O) groups is 2. The van der Waals surface area contributed by atoms with Crippen LogP contribution in [-0.4, -0.2) is 33.7 Å². The van der Waals surface area contributed by atoms with Crippen LogP contribution in [-0.2, 0) is 4.79 Å². The Morgan fingerprint density at radius 1 is 1.30 bits per heavy atom. The smallest absolute Gasteiger partial charge is 0.349 e. The summed E-state index contributed by atoms with van der Waals surface area (Å²) in [7, 11) is 0. The van der Waals surface area contributed by atoms with Gasteiger partial charge in [0, 0.05) is 12.4 Å². The lowest BCUT2D eigenvalue weighted by Gasteiger charge is -2.03. The number of thiophene rings is 1. The fourth-order valence-electron chi connectivity index (χ4n) is 1.49. The molecule has 2 N–H and O–H groups in total. The van der Waals surface area contributed by atoms with E-state index in [9.17, 15) is 9.59 Å². The van der Waals surface area contributed by atoms with E-state index < -0.39 is 18.5 Å². The van der Waals surface area contributed by atoms with Gasteiger partial charge in [-0.15, -0.1) is 11.3 Å². The molecule has 2 aromatic rings. The zero-order valence-corrected chi connectivity index (χ0v) is 12.3. The Balaban J connectivity index is 2.48. The third-order valence-electron chi connectivity index (χ3n) is 2.29. The number of aromatic nitrogens is 1. The molecule has 0 fully saturated rings. The van der Waals surface area contributed by atoms with Crippen molar-refractivity contribution in [1.82, 2.24) is 4.98 Å². The Morgan fingerprint density at radius 2 is 1.95 bits per heavy atom. The molecule has 0 radical (unpaired) electrons. The predicted molar refractivity (Wildman–Crippen MR) is 75.3 cm³/mol. The highest BCUT2D eigenvalue weighted by Crippen LogP contribution is 2.45. The summed E-state index contributed by atoms with van der Waals surface area (Å²) in [4.78, 5) is 26.2. The van der Waals surface area contributed by atoms with Gasteiger partial charge in [-0.1, -0.05) is 0 Å². The second-order valence-corrected chi connectivity index (χ2v) is 5.44. The first-order valence-electron chi connectivity index (χ1n) is 5.31. The van der Waals surface area contributed by atoms with Gasteiger partial charge in [-0.3, -0.25) is 4.98 Å². The lowest BCUT2D eigenvalue weighted by Crippen LogP contribution is -2.11. The molecule has 0 atom stereocenters. The molecule has 0 aromatic carbocycles. The average Bonchev–Trinajstić information content (AvgIpc) is 2.75. The van der Waals surface area contributed by atoms with Crippen LogP contribution in [0, 0.1) is 0 Å². The zero-order valence-electron chi connectivity index (χ0n) is 9.87. The average molecular weight is 358 g/mol. The van der Waals surface area contributed by atoms with Crippen molar-refractivity contribution in [3.05, 3.63) is 33.9 Å². The van der Waals surface area contributed by atoms with E-state index in [-0.39, 0.29) is 10.6 Å². The van der Waals surface area contributed by atoms with Crippen molar-refractivity contribution in [3.8, 4) is 16.2 Å². The van der Waals surface area contributed by atoms with Crippen molar-refractivity contribution in [3.63, 3.8) is 0 Å². The molecule has 0 unspecified atom stereocenters. The van der Waals surface area contributed by atoms with Gasteiger partial charge in [0.05, 0.1) is 9.35 Å². The maximum Gasteiger partial charge on any atom is 0.349 e. The molecule has 104 valence electrons. The van der Waals surface area contributed by atoms with E-state index in [4.69, 9.17) is 14.9 Å². The van der Waals surface area contributed by atoms with Crippen molar-refractivity contribution in [2.24, 2.45) is 0 Å². The molecule has 2 rings (SSSR count). The van der Waals surface area contributed by atoms with Crippen molar-refractivity contribution in [1.29, 1.82) is 0 Å². The second kappa shape index (κ2) is 6.02. The number of nitrogens with zero attached hydrogens (tertiary/aromatic N) is 1. The maximum atomic E-state index is 11.2. The van der Waals surface area contributed by atoms with Gasteiger partial charge in [0.2, 0.25) is 0 Å². The molecular weight excluding hydrogens is 350 g/mol. The number of rotatable bonds is 5. The molecule has 0 aliphatic carbocycles. The Kier molecular flexibility index (Phi) is 4.35. The summed E-state index contributed by atoms with van der Waals surface area (Å²) in [5, 5.41) is 17.8. The topological polar surface area (TPSA) is 96.7 Å². The van der Waals surface area contributed by atoms with Crippen LogP contribution in [0.5, 0.6) is 5.75 Å². The fraction of sp³-hybridized carbons (Fsp3) is 0.0833. The zero-order chi connectivity index (χ0) is 14.7. The number of aromatic carboxylic acids is 1. The molecule has 2 aromatic heterocycles. The van der Waals surface area contributed by atoms with E-state index >= 15 is 0 Å². The first kappa shape index (κ1) is 14.5. The second-order valence-electron chi connectivity index (χ2n) is 3.63. The molecule has 6 nitrogen and oxygen atoms in total. The molecule has 0 saturated heterocycles. The van der Waals surface area contributed by atoms with E-state index in [0.29, 0.717) is 9.35 Å². The highest BCUT2D eigenvalue weighted by Gasteiger charge is 2.24. The monoisotopic (exact) mass is 357 g/mol. The van der Waals surface area contributed by atoms with Crippen molar-refractivity contribution in [2.45, 2.75) is 0 Å². The molecule has 0 bridgehead atoms. The maximum absolute atomic E-state index is 11.2. The van der Waals surface area contributed by atoms with Crippen molar-refractivity contribution < 1.29 is 24.5 Å². The molecule has 0 amide bonds. The van der Waals surface area contributed by atoms with Gasteiger partial charge in [0.1, 0.15) is 0 Å². The molecule has 20 heavy (non-hydrogen) atoms. The van der Waals surface area contributed by atoms with E-state index in [1.807, 2.05) is 0 Å². The van der Waals surface area contributed by atoms with E-state index in [1.54, 1.807) is 24.5 Å². The minimum atomic E-state index is -1.18. The lowest BCUT2D eigenvalue weighted by molar-refractivity contribution is -0.139. The van der Waals surface area contributed by atoms with Crippen LogP contribution in [0.3, 0.4) is 0 Å². The minimum Gasteiger partial charge on any atom is -0.479 e. The van der Waals surface area contributed by atoms with Gasteiger partial charge in [0.15, 0.2) is 17.2 Å². The van der Waals surface area contributed by atoms with Crippen LogP contribution in [0.25, 0.3) is 10.4 Å². The molecular formula is C12H8BrNO5S. The fourth-order valence-corrected chi connectivity index (χ4v) is 3.39. The summed E-state index contributed by atoms with van der Waals surface area (Å²) in [6.45, 7) is -0.606. The first-order chi connectivity index (χ1) is 9.50. The van der Waals surface area contributed by atoms with Crippen LogP contribution >= 0.6 is 27.3 Å². The quantitative estimate of drug-likeness (QED) is 0.853. The molecule has 0 spiro atoms. The molecule has 8 heteroatoms. The summed E-state index contributed by atoms with van der Waals surface area (Å²) in [6, 6.07) is 3.45. The van der Waals surface area contributed by atoms with Gasteiger partial charge in [-0.2, -0.15) is 0 Å². The summed E-state index contributed by atoms with van der Waals surface area (Å²) in [6.07, 6.45) is 3.17. The number of ether oxygens (including phenoxy) is 1. The number of carboxylic acid groups (broad SMARTS) is 2. The van der Waals surface area contributed by atoms with Crippen LogP contribution in [0.2, 0.25) is 0 Å². The van der Waals surface area contributed by atoms with E-state index in [2.05, 4.69) is 20.9 Å². The highest BCUT2D eigenvalue weighted by molar-refractivity contribution is 9.10. The third-order valence-corrected chi connectivity index (χ3v) is 4.51. The van der Waals surface area contributed by atoms with Gasteiger partial charge >= 0.3 is 11.9 Å². The third kappa shape index (κ3) is 2.97. The Morgan fingerprint density at radius 3 is 2.50 bits per heavy atom. The molecule has 0 aliphatic heterocycles. The normalized spacial score (nSPS) is 10.2. The van der Waals surface area contributed by atoms with Gasteiger partial charge < -0.3 is 14.9 Å². The van der Waals surface area contributed by atoms with Gasteiger partial charge in [-0.05, 0) is 33.6 Å². The van der Waals surface area contributed by atoms with Crippen molar-refractivity contribution in [2.75, 3.05) is 6.61 Å². The minimum absolute atomic E-state index is 0.0247. The number of hydrogen-bond acceptors (Lipinski definition) is 5. The number of halogens is 1. The van der Waals surface area contributed by atoms with Gasteiger partial charge in [0.25, 0.3) is 0 Å². The number of carboxylic acids is 2. The molecule has 2 heterocycles. The first-order valence-corrected chi connectivity index (χ1v) is 6.92. The Hall–Kier alpha value is -1.93. The van der Waals surface area contributed by atoms with Crippen molar-refractivity contribution >= 4 is 39.2 Å². The molecule has 0 aliphatic rings. The number of pyridine rings is 1. The number of hydrogen-bond donors (Lipinski definition) is 2. The lowest BCUT2D eigenvalue weighted by atomic mass is 10.2. The van der Waals surface area contributed by atoms with Crippen LogP contribution < -0.4 is 4.74 Å².